The zero-order valence-corrected chi connectivity index (χ0v) is 11.3. The van der Waals surface area contributed by atoms with Crippen LogP contribution in [0, 0.1) is 0 Å². The van der Waals surface area contributed by atoms with Gasteiger partial charge in [-0.25, -0.2) is 0 Å². The number of hydrogen-bond donors (Lipinski definition) is 1. The van der Waals surface area contributed by atoms with Crippen molar-refractivity contribution in [1.29, 1.82) is 0 Å². The molecule has 4 nitrogen and oxygen atoms in total. The molecule has 0 saturated heterocycles. The van der Waals surface area contributed by atoms with E-state index in [4.69, 9.17) is 9.84 Å². The molecular formula is C16H16O4. The van der Waals surface area contributed by atoms with E-state index in [9.17, 15) is 9.59 Å². The highest BCUT2D eigenvalue weighted by Gasteiger charge is 2.35. The van der Waals surface area contributed by atoms with Crippen molar-refractivity contribution in [2.75, 3.05) is 0 Å². The van der Waals surface area contributed by atoms with Gasteiger partial charge in [0.05, 0.1) is 18.6 Å². The van der Waals surface area contributed by atoms with E-state index in [1.165, 1.54) is 0 Å². The van der Waals surface area contributed by atoms with Crippen LogP contribution in [0.4, 0.5) is 0 Å². The summed E-state index contributed by atoms with van der Waals surface area (Å²) in [5.74, 6) is -0.836. The largest absolute Gasteiger partial charge is 0.481 e. The first-order chi connectivity index (χ1) is 9.56. The van der Waals surface area contributed by atoms with E-state index >= 15 is 0 Å². The first-order valence-corrected chi connectivity index (χ1v) is 6.78. The third kappa shape index (κ3) is 2.16. The van der Waals surface area contributed by atoms with Crippen molar-refractivity contribution in [2.24, 2.45) is 0 Å². The third-order valence-electron chi connectivity index (χ3n) is 3.97. The summed E-state index contributed by atoms with van der Waals surface area (Å²) in [6, 6.07) is 7.60. The smallest absolute Gasteiger partial charge is 0.305 e. The van der Waals surface area contributed by atoms with Gasteiger partial charge < -0.3 is 9.84 Å². The maximum absolute atomic E-state index is 12.5. The predicted molar refractivity (Wildman–Crippen MR) is 72.7 cm³/mol. The fourth-order valence-electron chi connectivity index (χ4n) is 3.18. The van der Waals surface area contributed by atoms with Gasteiger partial charge in [-0.2, -0.15) is 0 Å². The number of ketones is 1. The van der Waals surface area contributed by atoms with Gasteiger partial charge in [0.2, 0.25) is 0 Å². The summed E-state index contributed by atoms with van der Waals surface area (Å²) in [4.78, 5) is 23.4. The molecule has 0 bridgehead atoms. The van der Waals surface area contributed by atoms with Crippen LogP contribution in [-0.4, -0.2) is 29.1 Å². The van der Waals surface area contributed by atoms with Crippen LogP contribution in [0.5, 0.6) is 0 Å². The van der Waals surface area contributed by atoms with Crippen molar-refractivity contribution in [1.82, 2.24) is 0 Å². The number of Topliss-reactive ketones (excluding diaryl/α,β-unsaturated/α-hetero) is 1. The van der Waals surface area contributed by atoms with Crippen molar-refractivity contribution >= 4 is 11.8 Å². The number of hydrogen-bond acceptors (Lipinski definition) is 3. The van der Waals surface area contributed by atoms with Crippen LogP contribution in [0.15, 0.2) is 35.4 Å². The number of benzene rings is 1. The van der Waals surface area contributed by atoms with Crippen LogP contribution in [-0.2, 0) is 16.0 Å². The lowest BCUT2D eigenvalue weighted by Gasteiger charge is -2.34. The average molecular weight is 272 g/mol. The molecular weight excluding hydrogens is 256 g/mol. The first-order valence-electron chi connectivity index (χ1n) is 6.78. The molecule has 0 unspecified atom stereocenters. The lowest BCUT2D eigenvalue weighted by Crippen LogP contribution is -2.35. The molecule has 1 heterocycles. The normalized spacial score (nSPS) is 25.1. The number of carboxylic acids is 1. The summed E-state index contributed by atoms with van der Waals surface area (Å²) in [5, 5.41) is 8.89. The van der Waals surface area contributed by atoms with Crippen molar-refractivity contribution < 1.29 is 19.4 Å². The average Bonchev–Trinajstić information content (AvgIpc) is 2.37. The highest BCUT2D eigenvalue weighted by atomic mass is 16.5. The minimum absolute atomic E-state index is 0.0169. The molecule has 3 rings (SSSR count). The highest BCUT2D eigenvalue weighted by molar-refractivity contribution is 6.12. The SMILES string of the molecule is C[C@H]1O[C@@H](CC(=O)O)CC2=C1C(=O)c1ccccc1C2. The summed E-state index contributed by atoms with van der Waals surface area (Å²) < 4.78 is 5.69. The summed E-state index contributed by atoms with van der Waals surface area (Å²) in [6.45, 7) is 1.83. The van der Waals surface area contributed by atoms with E-state index in [-0.39, 0.29) is 24.4 Å². The van der Waals surface area contributed by atoms with Crippen LogP contribution in [0.1, 0.15) is 35.7 Å². The molecule has 0 fully saturated rings. The second-order valence-corrected chi connectivity index (χ2v) is 5.38. The number of carbonyl (C=O) groups is 2. The number of fused-ring (bicyclic) bond motifs is 1. The zero-order chi connectivity index (χ0) is 14.3. The molecule has 0 radical (unpaired) electrons. The van der Waals surface area contributed by atoms with E-state index in [1.54, 1.807) is 0 Å². The Morgan fingerprint density at radius 2 is 2.15 bits per heavy atom. The Morgan fingerprint density at radius 1 is 1.40 bits per heavy atom. The maximum atomic E-state index is 12.5. The lowest BCUT2D eigenvalue weighted by atomic mass is 9.79. The molecule has 1 aromatic carbocycles. The molecule has 2 atom stereocenters. The van der Waals surface area contributed by atoms with E-state index < -0.39 is 5.97 Å². The number of carbonyl (C=O) groups excluding carboxylic acids is 1. The minimum atomic E-state index is -0.867. The second kappa shape index (κ2) is 4.87. The van der Waals surface area contributed by atoms with Crippen molar-refractivity contribution in [3.63, 3.8) is 0 Å². The van der Waals surface area contributed by atoms with E-state index in [2.05, 4.69) is 0 Å². The van der Waals surface area contributed by atoms with E-state index in [0.717, 1.165) is 28.7 Å². The van der Waals surface area contributed by atoms with Gasteiger partial charge >= 0.3 is 5.97 Å². The van der Waals surface area contributed by atoms with Crippen molar-refractivity contribution in [2.45, 2.75) is 38.4 Å². The van der Waals surface area contributed by atoms with Gasteiger partial charge in [-0.15, -0.1) is 0 Å². The van der Waals surface area contributed by atoms with Gasteiger partial charge in [0.15, 0.2) is 5.78 Å². The second-order valence-electron chi connectivity index (χ2n) is 5.38. The van der Waals surface area contributed by atoms with Crippen LogP contribution < -0.4 is 0 Å². The predicted octanol–water partition coefficient (Wildman–Crippen LogP) is 2.37. The number of carboxylic acid groups (broad SMARTS) is 1. The van der Waals surface area contributed by atoms with Gasteiger partial charge in [0, 0.05) is 11.1 Å². The summed E-state index contributed by atoms with van der Waals surface area (Å²) in [6.07, 6.45) is 0.577. The molecule has 1 N–H and O–H groups in total. The Morgan fingerprint density at radius 3 is 2.90 bits per heavy atom. The Kier molecular flexibility index (Phi) is 3.18. The molecule has 0 saturated carbocycles. The summed E-state index contributed by atoms with van der Waals surface area (Å²) >= 11 is 0. The van der Waals surface area contributed by atoms with Crippen molar-refractivity contribution in [3.05, 3.63) is 46.5 Å². The molecule has 0 spiro atoms. The van der Waals surface area contributed by atoms with Crippen LogP contribution >= 0.6 is 0 Å². The zero-order valence-electron chi connectivity index (χ0n) is 11.3. The molecule has 4 heteroatoms. The number of ether oxygens (including phenoxy) is 1. The molecule has 0 amide bonds. The van der Waals surface area contributed by atoms with Gasteiger partial charge in [-0.05, 0) is 25.3 Å². The fourth-order valence-corrected chi connectivity index (χ4v) is 3.18. The Bertz CT molecular complexity index is 615. The summed E-state index contributed by atoms with van der Waals surface area (Å²) in [7, 11) is 0. The molecule has 104 valence electrons. The van der Waals surface area contributed by atoms with Gasteiger partial charge in [0.1, 0.15) is 0 Å². The topological polar surface area (TPSA) is 63.6 Å². The first kappa shape index (κ1) is 13.1. The minimum Gasteiger partial charge on any atom is -0.481 e. The Hall–Kier alpha value is -1.94. The number of rotatable bonds is 2. The summed E-state index contributed by atoms with van der Waals surface area (Å²) in [5.41, 5.74) is 3.54. The molecule has 20 heavy (non-hydrogen) atoms. The maximum Gasteiger partial charge on any atom is 0.305 e. The molecule has 1 aliphatic carbocycles. The van der Waals surface area contributed by atoms with Crippen LogP contribution in [0.25, 0.3) is 0 Å². The standard InChI is InChI=1S/C16H16O4/c1-9-15-11(7-12(20-9)8-14(17)18)6-10-4-2-3-5-13(10)16(15)19/h2-5,9,12H,6-8H2,1H3,(H,17,18)/t9-,12-/m1/s1. The monoisotopic (exact) mass is 272 g/mol. The lowest BCUT2D eigenvalue weighted by molar-refractivity contribution is -0.141. The highest BCUT2D eigenvalue weighted by Crippen LogP contribution is 2.36. The molecule has 1 aliphatic heterocycles. The molecule has 2 aliphatic rings. The van der Waals surface area contributed by atoms with Crippen LogP contribution in [0.3, 0.4) is 0 Å². The number of aliphatic carboxylic acids is 1. The third-order valence-corrected chi connectivity index (χ3v) is 3.97. The Balaban J connectivity index is 1.94. The van der Waals surface area contributed by atoms with Gasteiger partial charge in [0.25, 0.3) is 0 Å². The van der Waals surface area contributed by atoms with Crippen molar-refractivity contribution in [3.8, 4) is 0 Å². The molecule has 1 aromatic rings. The Labute approximate surface area is 117 Å². The van der Waals surface area contributed by atoms with Gasteiger partial charge in [-0.3, -0.25) is 9.59 Å². The van der Waals surface area contributed by atoms with E-state index in [1.807, 2.05) is 31.2 Å². The van der Waals surface area contributed by atoms with Crippen LogP contribution in [0.2, 0.25) is 0 Å². The molecule has 0 aromatic heterocycles. The fraction of sp³-hybridized carbons (Fsp3) is 0.375. The van der Waals surface area contributed by atoms with E-state index in [0.29, 0.717) is 6.42 Å². The van der Waals surface area contributed by atoms with Gasteiger partial charge in [-0.1, -0.05) is 29.8 Å². The quantitative estimate of drug-likeness (QED) is 0.897.